The summed E-state index contributed by atoms with van der Waals surface area (Å²) in [6.45, 7) is 4.29. The molecule has 0 saturated carbocycles. The number of aromatic nitrogens is 3. The van der Waals surface area contributed by atoms with E-state index in [1.165, 1.54) is 22.5 Å². The van der Waals surface area contributed by atoms with Gasteiger partial charge in [-0.2, -0.15) is 4.31 Å². The number of hydrogen-bond donors (Lipinski definition) is 1. The molecule has 3 aromatic rings. The van der Waals surface area contributed by atoms with Gasteiger partial charge in [-0.1, -0.05) is 0 Å². The number of sulfonamides is 1. The van der Waals surface area contributed by atoms with Crippen molar-refractivity contribution in [2.45, 2.75) is 37.5 Å². The molecule has 2 aromatic heterocycles. The normalized spacial score (nSPS) is 17.5. The number of rotatable bonds is 5. The quantitative estimate of drug-likeness (QED) is 0.645. The van der Waals surface area contributed by atoms with Gasteiger partial charge in [0.05, 0.1) is 11.1 Å². The van der Waals surface area contributed by atoms with E-state index in [-0.39, 0.29) is 10.8 Å². The van der Waals surface area contributed by atoms with E-state index in [0.717, 1.165) is 29.9 Å². The van der Waals surface area contributed by atoms with Crippen molar-refractivity contribution in [2.75, 3.05) is 18.4 Å². The summed E-state index contributed by atoms with van der Waals surface area (Å²) in [4.78, 5) is 13.1. The summed E-state index contributed by atoms with van der Waals surface area (Å²) in [6.07, 6.45) is 6.42. The number of benzene rings is 1. The van der Waals surface area contributed by atoms with Crippen LogP contribution in [-0.2, 0) is 10.0 Å². The van der Waals surface area contributed by atoms with Crippen LogP contribution in [0, 0.1) is 19.7 Å². The molecule has 1 fully saturated rings. The molecular weight excluding hydrogens is 417 g/mol. The van der Waals surface area contributed by atoms with Gasteiger partial charge in [-0.3, -0.25) is 9.97 Å². The Morgan fingerprint density at radius 2 is 2.00 bits per heavy atom. The predicted molar refractivity (Wildman–Crippen MR) is 116 cm³/mol. The zero-order valence-electron chi connectivity index (χ0n) is 17.4. The Balaban J connectivity index is 1.58. The molecular formula is C22H24FN5O2S. The van der Waals surface area contributed by atoms with Gasteiger partial charge in [0.15, 0.2) is 0 Å². The SMILES string of the molecule is Cc1cc(Nc2cnccn2)cc(C2CCCN(S(=O)(=O)c3ccc(F)cc3C)C2)n1. The van der Waals surface area contributed by atoms with E-state index in [2.05, 4.69) is 20.3 Å². The van der Waals surface area contributed by atoms with Crippen molar-refractivity contribution in [3.63, 3.8) is 0 Å². The van der Waals surface area contributed by atoms with Crippen molar-refractivity contribution >= 4 is 21.5 Å². The summed E-state index contributed by atoms with van der Waals surface area (Å²) in [5.41, 5.74) is 2.91. The second-order valence-corrected chi connectivity index (χ2v) is 9.66. The van der Waals surface area contributed by atoms with E-state index >= 15 is 0 Å². The summed E-state index contributed by atoms with van der Waals surface area (Å²) >= 11 is 0. The largest absolute Gasteiger partial charge is 0.339 e. The molecule has 1 unspecified atom stereocenters. The first kappa shape index (κ1) is 21.3. The van der Waals surface area contributed by atoms with Crippen molar-refractivity contribution in [1.82, 2.24) is 19.3 Å². The number of piperidine rings is 1. The fourth-order valence-corrected chi connectivity index (χ4v) is 5.66. The number of hydrogen-bond acceptors (Lipinski definition) is 6. The van der Waals surface area contributed by atoms with Crippen LogP contribution in [0.1, 0.15) is 35.7 Å². The minimum atomic E-state index is -3.71. The molecule has 31 heavy (non-hydrogen) atoms. The van der Waals surface area contributed by atoms with Gasteiger partial charge in [-0.15, -0.1) is 0 Å². The van der Waals surface area contributed by atoms with Crippen LogP contribution in [0.3, 0.4) is 0 Å². The number of anilines is 2. The molecule has 0 aliphatic carbocycles. The third-order valence-corrected chi connectivity index (χ3v) is 7.39. The molecule has 1 aromatic carbocycles. The van der Waals surface area contributed by atoms with Crippen LogP contribution in [-0.4, -0.2) is 40.8 Å². The summed E-state index contributed by atoms with van der Waals surface area (Å²) < 4.78 is 41.4. The molecule has 4 rings (SSSR count). The van der Waals surface area contributed by atoms with Gasteiger partial charge < -0.3 is 5.32 Å². The number of aryl methyl sites for hydroxylation is 2. The molecule has 0 spiro atoms. The first-order valence-corrected chi connectivity index (χ1v) is 11.5. The van der Waals surface area contributed by atoms with E-state index in [4.69, 9.17) is 0 Å². The Labute approximate surface area is 181 Å². The second-order valence-electron chi connectivity index (χ2n) is 7.75. The van der Waals surface area contributed by atoms with Crippen LogP contribution >= 0.6 is 0 Å². The fraction of sp³-hybridized carbons (Fsp3) is 0.318. The maximum Gasteiger partial charge on any atom is 0.243 e. The third-order valence-electron chi connectivity index (χ3n) is 5.37. The van der Waals surface area contributed by atoms with Gasteiger partial charge in [0.25, 0.3) is 0 Å². The molecule has 9 heteroatoms. The first-order valence-electron chi connectivity index (χ1n) is 10.1. The van der Waals surface area contributed by atoms with Crippen LogP contribution < -0.4 is 5.32 Å². The number of halogens is 1. The Morgan fingerprint density at radius 1 is 1.16 bits per heavy atom. The zero-order chi connectivity index (χ0) is 22.0. The van der Waals surface area contributed by atoms with E-state index in [0.29, 0.717) is 24.5 Å². The Hall–Kier alpha value is -2.91. The minimum Gasteiger partial charge on any atom is -0.339 e. The summed E-state index contributed by atoms with van der Waals surface area (Å²) in [5, 5.41) is 3.22. The topological polar surface area (TPSA) is 88.1 Å². The van der Waals surface area contributed by atoms with Crippen molar-refractivity contribution in [2.24, 2.45) is 0 Å². The van der Waals surface area contributed by atoms with Crippen molar-refractivity contribution in [3.05, 3.63) is 71.7 Å². The smallest absolute Gasteiger partial charge is 0.243 e. The highest BCUT2D eigenvalue weighted by molar-refractivity contribution is 7.89. The monoisotopic (exact) mass is 441 g/mol. The van der Waals surface area contributed by atoms with Gasteiger partial charge in [-0.25, -0.2) is 17.8 Å². The molecule has 0 amide bonds. The lowest BCUT2D eigenvalue weighted by molar-refractivity contribution is 0.312. The average molecular weight is 442 g/mol. The molecule has 1 saturated heterocycles. The molecule has 7 nitrogen and oxygen atoms in total. The first-order chi connectivity index (χ1) is 14.8. The van der Waals surface area contributed by atoms with Crippen LogP contribution in [0.25, 0.3) is 0 Å². The predicted octanol–water partition coefficient (Wildman–Crippen LogP) is 3.94. The van der Waals surface area contributed by atoms with E-state index < -0.39 is 15.8 Å². The number of pyridine rings is 1. The van der Waals surface area contributed by atoms with Crippen LogP contribution in [0.5, 0.6) is 0 Å². The summed E-state index contributed by atoms with van der Waals surface area (Å²) in [5.74, 6) is 0.144. The molecule has 1 atom stereocenters. The van der Waals surface area contributed by atoms with Crippen molar-refractivity contribution in [3.8, 4) is 0 Å². The van der Waals surface area contributed by atoms with E-state index in [1.54, 1.807) is 25.5 Å². The Morgan fingerprint density at radius 3 is 2.74 bits per heavy atom. The zero-order valence-corrected chi connectivity index (χ0v) is 18.2. The molecule has 1 aliphatic rings. The molecule has 162 valence electrons. The van der Waals surface area contributed by atoms with Crippen molar-refractivity contribution in [1.29, 1.82) is 0 Å². The van der Waals surface area contributed by atoms with Crippen LogP contribution in [0.2, 0.25) is 0 Å². The molecule has 0 radical (unpaired) electrons. The van der Waals surface area contributed by atoms with Crippen LogP contribution in [0.4, 0.5) is 15.9 Å². The summed E-state index contributed by atoms with van der Waals surface area (Å²) in [7, 11) is -3.71. The standard InChI is InChI=1S/C22H24FN5O2S/c1-15-10-18(23)5-6-21(15)31(29,30)28-9-3-4-17(14-28)20-12-19(11-16(2)26-20)27-22-13-24-7-8-25-22/h5-8,10-13,17H,3-4,9,14H2,1-2H3,(H,25,26,27). The second kappa shape index (κ2) is 8.68. The lowest BCUT2D eigenvalue weighted by Crippen LogP contribution is -2.39. The molecule has 3 heterocycles. The summed E-state index contributed by atoms with van der Waals surface area (Å²) in [6, 6.07) is 7.63. The molecule has 1 N–H and O–H groups in total. The van der Waals surface area contributed by atoms with E-state index in [1.807, 2.05) is 19.1 Å². The molecule has 1 aliphatic heterocycles. The average Bonchev–Trinajstić information content (AvgIpc) is 2.74. The van der Waals surface area contributed by atoms with Gasteiger partial charge >= 0.3 is 0 Å². The highest BCUT2D eigenvalue weighted by Gasteiger charge is 2.32. The third kappa shape index (κ3) is 4.72. The number of nitrogens with zero attached hydrogens (tertiary/aromatic N) is 4. The van der Waals surface area contributed by atoms with Gasteiger partial charge in [0.1, 0.15) is 11.6 Å². The van der Waals surface area contributed by atoms with Crippen LogP contribution in [0.15, 0.2) is 53.8 Å². The minimum absolute atomic E-state index is 0.0356. The van der Waals surface area contributed by atoms with Gasteiger partial charge in [-0.05, 0) is 62.6 Å². The van der Waals surface area contributed by atoms with Gasteiger partial charge in [0.2, 0.25) is 10.0 Å². The fourth-order valence-electron chi connectivity index (χ4n) is 3.93. The van der Waals surface area contributed by atoms with Crippen molar-refractivity contribution < 1.29 is 12.8 Å². The highest BCUT2D eigenvalue weighted by atomic mass is 32.2. The Kier molecular flexibility index (Phi) is 5.97. The lowest BCUT2D eigenvalue weighted by atomic mass is 9.95. The lowest BCUT2D eigenvalue weighted by Gasteiger charge is -2.32. The maximum absolute atomic E-state index is 13.5. The van der Waals surface area contributed by atoms with Gasteiger partial charge in [0, 0.05) is 48.5 Å². The van der Waals surface area contributed by atoms with E-state index in [9.17, 15) is 12.8 Å². The Bertz CT molecular complexity index is 1190. The number of nitrogens with one attached hydrogen (secondary N) is 1. The highest BCUT2D eigenvalue weighted by Crippen LogP contribution is 2.32. The molecule has 0 bridgehead atoms. The maximum atomic E-state index is 13.5.